The first-order valence-electron chi connectivity index (χ1n) is 7.93. The Morgan fingerprint density at radius 2 is 1.91 bits per heavy atom. The summed E-state index contributed by atoms with van der Waals surface area (Å²) < 4.78 is 13.5. The molecule has 22 heavy (non-hydrogen) atoms. The van der Waals surface area contributed by atoms with Crippen molar-refractivity contribution in [3.63, 3.8) is 0 Å². The summed E-state index contributed by atoms with van der Waals surface area (Å²) in [5, 5.41) is 0. The van der Waals surface area contributed by atoms with Gasteiger partial charge in [0.05, 0.1) is 0 Å². The summed E-state index contributed by atoms with van der Waals surface area (Å²) in [6.45, 7) is 4.78. The van der Waals surface area contributed by atoms with Crippen LogP contribution in [0.5, 0.6) is 0 Å². The van der Waals surface area contributed by atoms with Gasteiger partial charge in [0, 0.05) is 25.0 Å². The van der Waals surface area contributed by atoms with Crippen molar-refractivity contribution in [3.05, 3.63) is 71.5 Å². The Bertz CT molecular complexity index is 614. The molecule has 1 fully saturated rings. The number of nitrogens with two attached hydrogens (primary N) is 1. The molecule has 1 aliphatic rings. The van der Waals surface area contributed by atoms with Crippen LogP contribution >= 0.6 is 0 Å². The quantitative estimate of drug-likeness (QED) is 0.935. The lowest BCUT2D eigenvalue weighted by Crippen LogP contribution is -2.26. The predicted molar refractivity (Wildman–Crippen MR) is 88.1 cm³/mol. The normalized spacial score (nSPS) is 23.6. The minimum atomic E-state index is -0.168. The Morgan fingerprint density at radius 1 is 1.14 bits per heavy atom. The van der Waals surface area contributed by atoms with E-state index in [-0.39, 0.29) is 11.9 Å². The molecule has 0 radical (unpaired) electrons. The van der Waals surface area contributed by atoms with Crippen LogP contribution in [0.15, 0.2) is 54.6 Å². The maximum Gasteiger partial charge on any atom is 0.123 e. The molecule has 2 aromatic carbocycles. The summed E-state index contributed by atoms with van der Waals surface area (Å²) in [6.07, 6.45) is 0. The first-order chi connectivity index (χ1) is 10.7. The maximum absolute atomic E-state index is 13.5. The van der Waals surface area contributed by atoms with Gasteiger partial charge >= 0.3 is 0 Å². The molecule has 0 bridgehead atoms. The Labute approximate surface area is 131 Å². The van der Waals surface area contributed by atoms with E-state index in [2.05, 4.69) is 36.1 Å². The average molecular weight is 298 g/mol. The van der Waals surface area contributed by atoms with Gasteiger partial charge < -0.3 is 5.73 Å². The van der Waals surface area contributed by atoms with Gasteiger partial charge in [-0.1, -0.05) is 42.5 Å². The predicted octanol–water partition coefficient (Wildman–Crippen LogP) is 3.56. The van der Waals surface area contributed by atoms with Crippen LogP contribution in [-0.4, -0.2) is 24.5 Å². The lowest BCUT2D eigenvalue weighted by atomic mass is 9.89. The van der Waals surface area contributed by atoms with Crippen molar-refractivity contribution in [3.8, 4) is 0 Å². The van der Waals surface area contributed by atoms with E-state index in [0.717, 1.165) is 18.7 Å². The van der Waals surface area contributed by atoms with E-state index in [1.54, 1.807) is 12.1 Å². The third-order valence-electron chi connectivity index (χ3n) is 4.88. The fraction of sp³-hybridized carbons (Fsp3) is 0.368. The SMILES string of the molecule is CC(c1cccc(F)c1)N1C[C@@H](CN)[C@H](c2ccccc2)C1. The van der Waals surface area contributed by atoms with Gasteiger partial charge in [0.2, 0.25) is 0 Å². The highest BCUT2D eigenvalue weighted by molar-refractivity contribution is 5.24. The van der Waals surface area contributed by atoms with Crippen LogP contribution in [0.2, 0.25) is 0 Å². The number of nitrogens with zero attached hydrogens (tertiary/aromatic N) is 1. The van der Waals surface area contributed by atoms with Crippen LogP contribution in [0.4, 0.5) is 4.39 Å². The topological polar surface area (TPSA) is 29.3 Å². The third kappa shape index (κ3) is 3.06. The molecule has 1 heterocycles. The number of benzene rings is 2. The minimum absolute atomic E-state index is 0.168. The molecule has 3 rings (SSSR count). The molecular weight excluding hydrogens is 275 g/mol. The zero-order chi connectivity index (χ0) is 15.5. The number of hydrogen-bond donors (Lipinski definition) is 1. The zero-order valence-electron chi connectivity index (χ0n) is 13.0. The summed E-state index contributed by atoms with van der Waals surface area (Å²) in [5.41, 5.74) is 8.39. The second-order valence-electron chi connectivity index (χ2n) is 6.20. The van der Waals surface area contributed by atoms with Gasteiger partial charge in [-0.05, 0) is 42.6 Å². The van der Waals surface area contributed by atoms with E-state index in [1.165, 1.54) is 11.6 Å². The van der Waals surface area contributed by atoms with Crippen LogP contribution < -0.4 is 5.73 Å². The second kappa shape index (κ2) is 6.59. The Balaban J connectivity index is 1.79. The van der Waals surface area contributed by atoms with Gasteiger partial charge in [0.25, 0.3) is 0 Å². The number of hydrogen-bond acceptors (Lipinski definition) is 2. The molecule has 116 valence electrons. The van der Waals surface area contributed by atoms with Gasteiger partial charge in [-0.25, -0.2) is 4.39 Å². The maximum atomic E-state index is 13.5. The number of likely N-dealkylation sites (tertiary alicyclic amines) is 1. The lowest BCUT2D eigenvalue weighted by Gasteiger charge is -2.25. The Kier molecular flexibility index (Phi) is 4.55. The molecule has 0 aliphatic carbocycles. The summed E-state index contributed by atoms with van der Waals surface area (Å²) in [7, 11) is 0. The molecular formula is C19H23FN2. The van der Waals surface area contributed by atoms with Crippen molar-refractivity contribution >= 4 is 0 Å². The first-order valence-corrected chi connectivity index (χ1v) is 7.93. The fourth-order valence-corrected chi connectivity index (χ4v) is 3.51. The summed E-state index contributed by atoms with van der Waals surface area (Å²) in [5.74, 6) is 0.749. The van der Waals surface area contributed by atoms with Crippen molar-refractivity contribution < 1.29 is 4.39 Å². The van der Waals surface area contributed by atoms with Crippen LogP contribution in [0.25, 0.3) is 0 Å². The van der Waals surface area contributed by atoms with E-state index in [4.69, 9.17) is 5.73 Å². The Morgan fingerprint density at radius 3 is 2.59 bits per heavy atom. The molecule has 3 heteroatoms. The third-order valence-corrected chi connectivity index (χ3v) is 4.88. The van der Waals surface area contributed by atoms with Crippen molar-refractivity contribution in [1.29, 1.82) is 0 Å². The number of rotatable bonds is 4. The molecule has 1 unspecified atom stereocenters. The Hall–Kier alpha value is -1.71. The lowest BCUT2D eigenvalue weighted by molar-refractivity contribution is 0.252. The largest absolute Gasteiger partial charge is 0.330 e. The zero-order valence-corrected chi connectivity index (χ0v) is 13.0. The fourth-order valence-electron chi connectivity index (χ4n) is 3.51. The standard InChI is InChI=1S/C19H23FN2/c1-14(16-8-5-9-18(20)10-16)22-12-17(11-21)19(13-22)15-6-3-2-4-7-15/h2-10,14,17,19H,11-13,21H2,1H3/t14?,17-,19+/m1/s1. The van der Waals surface area contributed by atoms with E-state index in [1.807, 2.05) is 12.1 Å². The molecule has 1 saturated heterocycles. The van der Waals surface area contributed by atoms with Crippen LogP contribution in [0, 0.1) is 11.7 Å². The average Bonchev–Trinajstić information content (AvgIpc) is 2.99. The van der Waals surface area contributed by atoms with Crippen molar-refractivity contribution in [2.75, 3.05) is 19.6 Å². The molecule has 3 atom stereocenters. The molecule has 0 spiro atoms. The van der Waals surface area contributed by atoms with Gasteiger partial charge in [0.15, 0.2) is 0 Å². The summed E-state index contributed by atoms with van der Waals surface area (Å²) in [4.78, 5) is 2.42. The van der Waals surface area contributed by atoms with Gasteiger partial charge in [-0.15, -0.1) is 0 Å². The van der Waals surface area contributed by atoms with Crippen molar-refractivity contribution in [2.45, 2.75) is 18.9 Å². The van der Waals surface area contributed by atoms with Crippen molar-refractivity contribution in [1.82, 2.24) is 4.90 Å². The van der Waals surface area contributed by atoms with E-state index in [0.29, 0.717) is 18.4 Å². The van der Waals surface area contributed by atoms with E-state index >= 15 is 0 Å². The highest BCUT2D eigenvalue weighted by Gasteiger charge is 2.35. The van der Waals surface area contributed by atoms with Gasteiger partial charge in [-0.2, -0.15) is 0 Å². The molecule has 0 aromatic heterocycles. The highest BCUT2D eigenvalue weighted by Crippen LogP contribution is 2.36. The molecule has 1 aliphatic heterocycles. The van der Waals surface area contributed by atoms with E-state index < -0.39 is 0 Å². The van der Waals surface area contributed by atoms with Gasteiger partial charge in [-0.3, -0.25) is 4.90 Å². The number of halogens is 1. The monoisotopic (exact) mass is 298 g/mol. The molecule has 2 N–H and O–H groups in total. The summed E-state index contributed by atoms with van der Waals surface area (Å²) in [6, 6.07) is 17.7. The molecule has 2 nitrogen and oxygen atoms in total. The molecule has 0 saturated carbocycles. The van der Waals surface area contributed by atoms with Crippen LogP contribution in [0.3, 0.4) is 0 Å². The highest BCUT2D eigenvalue weighted by atomic mass is 19.1. The van der Waals surface area contributed by atoms with Crippen molar-refractivity contribution in [2.24, 2.45) is 11.7 Å². The second-order valence-corrected chi connectivity index (χ2v) is 6.20. The van der Waals surface area contributed by atoms with Gasteiger partial charge in [0.1, 0.15) is 5.82 Å². The first kappa shape index (κ1) is 15.2. The van der Waals surface area contributed by atoms with Crippen LogP contribution in [0.1, 0.15) is 30.0 Å². The summed E-state index contributed by atoms with van der Waals surface area (Å²) >= 11 is 0. The molecule has 2 aromatic rings. The molecule has 0 amide bonds. The van der Waals surface area contributed by atoms with Crippen LogP contribution in [-0.2, 0) is 0 Å². The van der Waals surface area contributed by atoms with E-state index in [9.17, 15) is 4.39 Å². The minimum Gasteiger partial charge on any atom is -0.330 e. The smallest absolute Gasteiger partial charge is 0.123 e.